The summed E-state index contributed by atoms with van der Waals surface area (Å²) in [5.41, 5.74) is 6.05. The highest BCUT2D eigenvalue weighted by molar-refractivity contribution is 6.30. The van der Waals surface area contributed by atoms with Gasteiger partial charge in [0.05, 0.1) is 5.56 Å². The highest BCUT2D eigenvalue weighted by atomic mass is 35.5. The van der Waals surface area contributed by atoms with Gasteiger partial charge in [-0.2, -0.15) is 0 Å². The standard InChI is InChI=1S/C18H16ClN3O3/c1-11(25-13-8-6-12(19)7-9-13)17(23)21-22-18(24)15-10-20-16-5-3-2-4-14(15)16/h2-11,20H,1H3,(H,21,23)(H,22,24). The first-order valence-corrected chi connectivity index (χ1v) is 8.01. The van der Waals surface area contributed by atoms with Crippen LogP contribution in [0.1, 0.15) is 17.3 Å². The third kappa shape index (κ3) is 3.92. The highest BCUT2D eigenvalue weighted by Crippen LogP contribution is 2.18. The molecule has 1 atom stereocenters. The van der Waals surface area contributed by atoms with Crippen molar-refractivity contribution < 1.29 is 14.3 Å². The number of hydrazine groups is 1. The molecule has 0 aliphatic heterocycles. The molecule has 0 spiro atoms. The quantitative estimate of drug-likeness (QED) is 0.627. The molecule has 7 heteroatoms. The second-order valence-electron chi connectivity index (χ2n) is 5.41. The normalized spacial score (nSPS) is 11.8. The van der Waals surface area contributed by atoms with Crippen molar-refractivity contribution in [2.24, 2.45) is 0 Å². The third-order valence-corrected chi connectivity index (χ3v) is 3.88. The Morgan fingerprint density at radius 2 is 1.80 bits per heavy atom. The number of ether oxygens (including phenoxy) is 1. The Kier molecular flexibility index (Phi) is 4.90. The van der Waals surface area contributed by atoms with Gasteiger partial charge in [-0.15, -0.1) is 0 Å². The van der Waals surface area contributed by atoms with Gasteiger partial charge in [-0.3, -0.25) is 20.4 Å². The van der Waals surface area contributed by atoms with Crippen LogP contribution in [0.25, 0.3) is 10.9 Å². The lowest BCUT2D eigenvalue weighted by atomic mass is 10.2. The summed E-state index contributed by atoms with van der Waals surface area (Å²) in [6.07, 6.45) is 0.809. The minimum atomic E-state index is -0.788. The maximum atomic E-state index is 12.2. The van der Waals surface area contributed by atoms with Gasteiger partial charge in [-0.05, 0) is 37.3 Å². The molecule has 0 fully saturated rings. The number of carbonyl (C=O) groups excluding carboxylic acids is 2. The number of amides is 2. The van der Waals surface area contributed by atoms with Crippen LogP contribution in [0.5, 0.6) is 5.75 Å². The van der Waals surface area contributed by atoms with Gasteiger partial charge >= 0.3 is 0 Å². The van der Waals surface area contributed by atoms with Crippen LogP contribution < -0.4 is 15.6 Å². The lowest BCUT2D eigenvalue weighted by Crippen LogP contribution is -2.47. The van der Waals surface area contributed by atoms with Crippen molar-refractivity contribution in [3.05, 3.63) is 65.3 Å². The maximum Gasteiger partial charge on any atom is 0.279 e. The molecule has 25 heavy (non-hydrogen) atoms. The molecular formula is C18H16ClN3O3. The average Bonchev–Trinajstić information content (AvgIpc) is 3.05. The van der Waals surface area contributed by atoms with Crippen molar-refractivity contribution in [1.29, 1.82) is 0 Å². The molecule has 6 nitrogen and oxygen atoms in total. The van der Waals surface area contributed by atoms with Crippen molar-refractivity contribution in [2.45, 2.75) is 13.0 Å². The van der Waals surface area contributed by atoms with Gasteiger partial charge in [0.1, 0.15) is 5.75 Å². The third-order valence-electron chi connectivity index (χ3n) is 3.63. The first-order chi connectivity index (χ1) is 12.0. The maximum absolute atomic E-state index is 12.2. The first-order valence-electron chi connectivity index (χ1n) is 7.63. The fourth-order valence-electron chi connectivity index (χ4n) is 2.32. The van der Waals surface area contributed by atoms with Gasteiger partial charge in [-0.1, -0.05) is 29.8 Å². The van der Waals surface area contributed by atoms with Gasteiger partial charge in [-0.25, -0.2) is 0 Å². The minimum absolute atomic E-state index is 0.413. The van der Waals surface area contributed by atoms with E-state index < -0.39 is 17.9 Å². The van der Waals surface area contributed by atoms with Crippen molar-refractivity contribution in [2.75, 3.05) is 0 Å². The average molecular weight is 358 g/mol. The van der Waals surface area contributed by atoms with Crippen LogP contribution in [-0.4, -0.2) is 22.9 Å². The van der Waals surface area contributed by atoms with E-state index in [1.54, 1.807) is 37.4 Å². The molecule has 0 radical (unpaired) electrons. The molecule has 0 saturated heterocycles. The Hall–Kier alpha value is -2.99. The molecule has 0 saturated carbocycles. The molecule has 3 N–H and O–H groups in total. The molecule has 0 bridgehead atoms. The number of hydrogen-bond acceptors (Lipinski definition) is 3. The Labute approximate surface area is 149 Å². The lowest BCUT2D eigenvalue weighted by molar-refractivity contribution is -0.128. The Morgan fingerprint density at radius 1 is 1.08 bits per heavy atom. The fourth-order valence-corrected chi connectivity index (χ4v) is 2.44. The minimum Gasteiger partial charge on any atom is -0.481 e. The fraction of sp³-hybridized carbons (Fsp3) is 0.111. The molecule has 0 aliphatic rings. The first kappa shape index (κ1) is 16.9. The second kappa shape index (κ2) is 7.27. The molecule has 3 aromatic rings. The van der Waals surface area contributed by atoms with Crippen molar-refractivity contribution in [3.8, 4) is 5.75 Å². The molecular weight excluding hydrogens is 342 g/mol. The predicted octanol–water partition coefficient (Wildman–Crippen LogP) is 3.05. The molecule has 0 aliphatic carbocycles. The monoisotopic (exact) mass is 357 g/mol. The number of para-hydroxylation sites is 1. The smallest absolute Gasteiger partial charge is 0.279 e. The van der Waals surface area contributed by atoms with E-state index in [0.717, 1.165) is 10.9 Å². The van der Waals surface area contributed by atoms with Crippen LogP contribution in [0.2, 0.25) is 5.02 Å². The van der Waals surface area contributed by atoms with Gasteiger partial charge in [0, 0.05) is 22.1 Å². The molecule has 1 heterocycles. The number of benzene rings is 2. The summed E-state index contributed by atoms with van der Waals surface area (Å²) in [4.78, 5) is 27.3. The Balaban J connectivity index is 1.57. The zero-order valence-corrected chi connectivity index (χ0v) is 14.1. The van der Waals surface area contributed by atoms with E-state index in [-0.39, 0.29) is 0 Å². The molecule has 2 amide bonds. The highest BCUT2D eigenvalue weighted by Gasteiger charge is 2.17. The SMILES string of the molecule is CC(Oc1ccc(Cl)cc1)C(=O)NNC(=O)c1c[nH]c2ccccc12. The summed E-state index contributed by atoms with van der Waals surface area (Å²) in [5, 5.41) is 1.36. The van der Waals surface area contributed by atoms with E-state index in [9.17, 15) is 9.59 Å². The second-order valence-corrected chi connectivity index (χ2v) is 5.84. The van der Waals surface area contributed by atoms with Crippen LogP contribution in [-0.2, 0) is 4.79 Å². The van der Waals surface area contributed by atoms with E-state index in [2.05, 4.69) is 15.8 Å². The summed E-state index contributed by atoms with van der Waals surface area (Å²) in [7, 11) is 0. The Bertz CT molecular complexity index is 905. The van der Waals surface area contributed by atoms with Gasteiger partial charge in [0.15, 0.2) is 6.10 Å². The van der Waals surface area contributed by atoms with Gasteiger partial charge in [0.2, 0.25) is 0 Å². The predicted molar refractivity (Wildman–Crippen MR) is 95.4 cm³/mol. The zero-order chi connectivity index (χ0) is 17.8. The lowest BCUT2D eigenvalue weighted by Gasteiger charge is -2.15. The van der Waals surface area contributed by atoms with Crippen LogP contribution in [0, 0.1) is 0 Å². The van der Waals surface area contributed by atoms with E-state index in [1.807, 2.05) is 24.3 Å². The number of H-pyrrole nitrogens is 1. The summed E-state index contributed by atoms with van der Waals surface area (Å²) >= 11 is 5.80. The van der Waals surface area contributed by atoms with E-state index >= 15 is 0 Å². The number of nitrogens with one attached hydrogen (secondary N) is 3. The van der Waals surface area contributed by atoms with Gasteiger partial charge in [0.25, 0.3) is 11.8 Å². The number of aromatic nitrogens is 1. The molecule has 128 valence electrons. The molecule has 1 aromatic heterocycles. The number of aromatic amines is 1. The van der Waals surface area contributed by atoms with Crippen LogP contribution in [0.15, 0.2) is 54.7 Å². The topological polar surface area (TPSA) is 83.2 Å². The van der Waals surface area contributed by atoms with Crippen molar-refractivity contribution in [1.82, 2.24) is 15.8 Å². The number of fused-ring (bicyclic) bond motifs is 1. The van der Waals surface area contributed by atoms with E-state index in [1.165, 1.54) is 0 Å². The number of hydrogen-bond donors (Lipinski definition) is 3. The molecule has 3 rings (SSSR count). The number of rotatable bonds is 4. The summed E-state index contributed by atoms with van der Waals surface area (Å²) in [6, 6.07) is 14.1. The van der Waals surface area contributed by atoms with Crippen LogP contribution >= 0.6 is 11.6 Å². The summed E-state index contributed by atoms with van der Waals surface area (Å²) < 4.78 is 5.50. The number of halogens is 1. The van der Waals surface area contributed by atoms with Crippen LogP contribution in [0.4, 0.5) is 0 Å². The van der Waals surface area contributed by atoms with E-state index in [0.29, 0.717) is 16.3 Å². The van der Waals surface area contributed by atoms with Crippen molar-refractivity contribution >= 4 is 34.3 Å². The molecule has 1 unspecified atom stereocenters. The number of carbonyl (C=O) groups is 2. The zero-order valence-electron chi connectivity index (χ0n) is 13.4. The summed E-state index contributed by atoms with van der Waals surface area (Å²) in [6.45, 7) is 1.59. The molecule has 2 aromatic carbocycles. The van der Waals surface area contributed by atoms with Crippen LogP contribution in [0.3, 0.4) is 0 Å². The van der Waals surface area contributed by atoms with Crippen molar-refractivity contribution in [3.63, 3.8) is 0 Å². The van der Waals surface area contributed by atoms with Gasteiger partial charge < -0.3 is 9.72 Å². The Morgan fingerprint density at radius 3 is 2.56 bits per heavy atom. The largest absolute Gasteiger partial charge is 0.481 e. The summed E-state index contributed by atoms with van der Waals surface area (Å²) in [5.74, 6) is -0.373. The van der Waals surface area contributed by atoms with E-state index in [4.69, 9.17) is 16.3 Å².